The molecule has 0 saturated heterocycles. The maximum Gasteiger partial charge on any atom is 0.411 e. The third-order valence-electron chi connectivity index (χ3n) is 13.3. The summed E-state index contributed by atoms with van der Waals surface area (Å²) in [4.78, 5) is 24.9. The van der Waals surface area contributed by atoms with Crippen molar-refractivity contribution >= 4 is 11.9 Å². The zero-order valence-corrected chi connectivity index (χ0v) is 43.2. The van der Waals surface area contributed by atoms with E-state index in [1.807, 2.05) is 0 Å². The molecule has 2 aromatic rings. The van der Waals surface area contributed by atoms with Crippen molar-refractivity contribution < 1.29 is 55.6 Å². The first kappa shape index (κ1) is 63.1. The van der Waals surface area contributed by atoms with Gasteiger partial charge >= 0.3 is 24.3 Å². The first-order valence-electron chi connectivity index (χ1n) is 27.2. The lowest BCUT2D eigenvalue weighted by Crippen LogP contribution is -2.56. The Labute approximate surface area is 423 Å². The molecule has 0 fully saturated rings. The highest BCUT2D eigenvalue weighted by molar-refractivity contribution is 5.93. The number of ether oxygens (including phenoxy) is 2. The minimum atomic E-state index is -6.25. The Morgan fingerprint density at radius 2 is 0.676 bits per heavy atom. The van der Waals surface area contributed by atoms with Gasteiger partial charge in [-0.3, -0.25) is 0 Å². The molecule has 0 atom stereocenters. The topological polar surface area (TPSA) is 93.1 Å². The maximum absolute atomic E-state index is 15.2. The fourth-order valence-electron chi connectivity index (χ4n) is 9.20. The standard InChI is InChI=1S/C59H86F6O6/c1-3-5-7-9-11-13-15-17-19-21-23-25-27-29-31-33-43-70-45-35-37-49-39-41-53(51(47-49)55(66)67)57(58(60,61)62,59(63,64)65)54-42-40-50(48-52(54)56(68)69)38-36-46-71-44-34-32-30-28-26-24-22-20-18-16-14-12-10-8-6-4-2/h39-42,47-48H,3-34,43-46H2,1-2H3,(H,66,67)(H,68,69). The van der Waals surface area contributed by atoms with Crippen LogP contribution in [0.1, 0.15) is 262 Å². The lowest BCUT2D eigenvalue weighted by atomic mass is 9.69. The van der Waals surface area contributed by atoms with Crippen molar-refractivity contribution in [3.8, 4) is 23.7 Å². The monoisotopic (exact) mass is 1000 g/mol. The quantitative estimate of drug-likeness (QED) is 0.0392. The van der Waals surface area contributed by atoms with Gasteiger partial charge < -0.3 is 19.7 Å². The van der Waals surface area contributed by atoms with Gasteiger partial charge in [0.15, 0.2) is 0 Å². The van der Waals surface area contributed by atoms with Gasteiger partial charge in [0.1, 0.15) is 13.2 Å². The second kappa shape index (κ2) is 37.7. The van der Waals surface area contributed by atoms with Gasteiger partial charge in [-0.15, -0.1) is 0 Å². The van der Waals surface area contributed by atoms with Gasteiger partial charge in [0.2, 0.25) is 5.41 Å². The number of benzene rings is 2. The first-order chi connectivity index (χ1) is 34.2. The van der Waals surface area contributed by atoms with Crippen LogP contribution >= 0.6 is 0 Å². The van der Waals surface area contributed by atoms with E-state index in [1.54, 1.807) is 0 Å². The van der Waals surface area contributed by atoms with Crippen molar-refractivity contribution in [2.45, 2.75) is 237 Å². The average Bonchev–Trinajstić information content (AvgIpc) is 3.32. The number of carboxylic acid groups (broad SMARTS) is 2. The van der Waals surface area contributed by atoms with Crippen molar-refractivity contribution in [1.82, 2.24) is 0 Å². The zero-order chi connectivity index (χ0) is 52.1. The number of carbonyl (C=O) groups is 2. The molecule has 0 spiro atoms. The number of unbranched alkanes of at least 4 members (excludes halogenated alkanes) is 30. The van der Waals surface area contributed by atoms with E-state index < -0.39 is 52.0 Å². The van der Waals surface area contributed by atoms with E-state index in [1.165, 1.54) is 154 Å². The van der Waals surface area contributed by atoms with E-state index in [0.717, 1.165) is 63.5 Å². The Hall–Kier alpha value is -4.00. The summed E-state index contributed by atoms with van der Waals surface area (Å²) in [5, 5.41) is 20.1. The van der Waals surface area contributed by atoms with Gasteiger partial charge in [0.05, 0.1) is 11.1 Å². The molecule has 0 saturated carbocycles. The van der Waals surface area contributed by atoms with Crippen LogP contribution < -0.4 is 0 Å². The summed E-state index contributed by atoms with van der Waals surface area (Å²) >= 11 is 0. The van der Waals surface area contributed by atoms with Gasteiger partial charge in [-0.05, 0) is 48.2 Å². The highest BCUT2D eigenvalue weighted by Crippen LogP contribution is 2.58. The van der Waals surface area contributed by atoms with E-state index in [9.17, 15) is 19.8 Å². The Morgan fingerprint density at radius 1 is 0.423 bits per heavy atom. The van der Waals surface area contributed by atoms with Crippen molar-refractivity contribution in [2.24, 2.45) is 0 Å². The van der Waals surface area contributed by atoms with Crippen LogP contribution in [0.2, 0.25) is 0 Å². The summed E-state index contributed by atoms with van der Waals surface area (Å²) in [6, 6.07) is 3.79. The molecular weight excluding hydrogens is 919 g/mol. The van der Waals surface area contributed by atoms with Crippen LogP contribution in [-0.2, 0) is 14.9 Å². The number of carboxylic acids is 2. The molecule has 2 aromatic carbocycles. The van der Waals surface area contributed by atoms with Gasteiger partial charge in [-0.25, -0.2) is 9.59 Å². The van der Waals surface area contributed by atoms with Crippen molar-refractivity contribution in [2.75, 3.05) is 26.4 Å². The third kappa shape index (κ3) is 25.0. The molecule has 0 bridgehead atoms. The van der Waals surface area contributed by atoms with E-state index >= 15 is 26.3 Å². The van der Waals surface area contributed by atoms with Crippen molar-refractivity contribution in [1.29, 1.82) is 0 Å². The summed E-state index contributed by atoms with van der Waals surface area (Å²) < 4.78 is 103. The summed E-state index contributed by atoms with van der Waals surface area (Å²) in [7, 11) is 0. The molecule has 0 radical (unpaired) electrons. The van der Waals surface area contributed by atoms with Crippen LogP contribution in [0.5, 0.6) is 0 Å². The largest absolute Gasteiger partial charge is 0.478 e. The molecule has 0 amide bonds. The third-order valence-corrected chi connectivity index (χ3v) is 13.3. The molecule has 0 heterocycles. The number of aromatic carboxylic acids is 2. The Bertz CT molecular complexity index is 1750. The molecule has 0 aliphatic carbocycles. The molecule has 0 aliphatic rings. The molecule has 0 aromatic heterocycles. The van der Waals surface area contributed by atoms with Gasteiger partial charge in [0, 0.05) is 24.3 Å². The molecule has 0 aliphatic heterocycles. The first-order valence-corrected chi connectivity index (χ1v) is 27.2. The molecule has 6 nitrogen and oxygen atoms in total. The predicted molar refractivity (Wildman–Crippen MR) is 274 cm³/mol. The Morgan fingerprint density at radius 3 is 0.915 bits per heavy atom. The van der Waals surface area contributed by atoms with E-state index in [0.29, 0.717) is 37.5 Å². The SMILES string of the molecule is CCCCCCCCCCCCCCCCCCOCC#Cc1ccc(C(c2ccc(C#CCOCCCCCCCCCCCCCCCCCC)cc2C(=O)O)(C(F)(F)F)C(F)(F)F)c(C(=O)O)c1. The van der Waals surface area contributed by atoms with Crippen LogP contribution in [0, 0.1) is 23.7 Å². The minimum Gasteiger partial charge on any atom is -0.478 e. The van der Waals surface area contributed by atoms with Crippen LogP contribution in [0.3, 0.4) is 0 Å². The predicted octanol–water partition coefficient (Wildman–Crippen LogP) is 17.8. The minimum absolute atomic E-state index is 0.0825. The summed E-state index contributed by atoms with van der Waals surface area (Å²) in [5.41, 5.74) is -11.4. The zero-order valence-electron chi connectivity index (χ0n) is 43.2. The van der Waals surface area contributed by atoms with E-state index in [4.69, 9.17) is 9.47 Å². The second-order valence-corrected chi connectivity index (χ2v) is 19.2. The summed E-state index contributed by atoms with van der Waals surface area (Å²) in [6.45, 7) is 5.13. The number of hydrogen-bond donors (Lipinski definition) is 2. The van der Waals surface area contributed by atoms with Crippen molar-refractivity contribution in [3.05, 3.63) is 69.8 Å². The number of rotatable bonds is 40. The maximum atomic E-state index is 15.2. The lowest BCUT2D eigenvalue weighted by Gasteiger charge is -2.39. The van der Waals surface area contributed by atoms with Gasteiger partial charge in [0.25, 0.3) is 0 Å². The molecule has 400 valence electrons. The molecule has 2 rings (SSSR count). The molecule has 0 unspecified atom stereocenters. The molecule has 2 N–H and O–H groups in total. The highest BCUT2D eigenvalue weighted by atomic mass is 19.4. The second-order valence-electron chi connectivity index (χ2n) is 19.2. The molecular formula is C59H86F6O6. The van der Waals surface area contributed by atoms with E-state index in [2.05, 4.69) is 37.5 Å². The van der Waals surface area contributed by atoms with Crippen molar-refractivity contribution in [3.63, 3.8) is 0 Å². The molecule has 12 heteroatoms. The van der Waals surface area contributed by atoms with Crippen LogP contribution in [0.4, 0.5) is 26.3 Å². The Balaban J connectivity index is 1.93. The van der Waals surface area contributed by atoms with Crippen LogP contribution in [0.25, 0.3) is 0 Å². The Kier molecular flexibility index (Phi) is 33.5. The van der Waals surface area contributed by atoms with Crippen LogP contribution in [0.15, 0.2) is 36.4 Å². The van der Waals surface area contributed by atoms with Gasteiger partial charge in [-0.1, -0.05) is 242 Å². The normalized spacial score (nSPS) is 11.8. The van der Waals surface area contributed by atoms with E-state index in [-0.39, 0.29) is 24.3 Å². The number of hydrogen-bond acceptors (Lipinski definition) is 4. The lowest BCUT2D eigenvalue weighted by molar-refractivity contribution is -0.288. The highest BCUT2D eigenvalue weighted by Gasteiger charge is 2.74. The van der Waals surface area contributed by atoms with Gasteiger partial charge in [-0.2, -0.15) is 26.3 Å². The molecule has 71 heavy (non-hydrogen) atoms. The average molecular weight is 1010 g/mol. The summed E-state index contributed by atoms with van der Waals surface area (Å²) in [6.07, 6.45) is 26.9. The fourth-order valence-corrected chi connectivity index (χ4v) is 9.20. The summed E-state index contributed by atoms with van der Waals surface area (Å²) in [5.74, 6) is 6.27. The fraction of sp³-hybridized carbons (Fsp3) is 0.695. The smallest absolute Gasteiger partial charge is 0.411 e. The van der Waals surface area contributed by atoms with Crippen LogP contribution in [-0.4, -0.2) is 60.9 Å². The number of halogens is 6. The number of alkyl halides is 6.